The molecule has 0 unspecified atom stereocenters. The SMILES string of the molecule is Cc1ccsc1CCCCN1CCNCC1. The monoisotopic (exact) mass is 238 g/mol. The third-order valence-electron chi connectivity index (χ3n) is 3.31. The van der Waals surface area contributed by atoms with Crippen molar-refractivity contribution < 1.29 is 0 Å². The Labute approximate surface area is 103 Å². The van der Waals surface area contributed by atoms with Gasteiger partial charge in [-0.25, -0.2) is 0 Å². The van der Waals surface area contributed by atoms with Crippen LogP contribution in [0.3, 0.4) is 0 Å². The van der Waals surface area contributed by atoms with Gasteiger partial charge in [0.25, 0.3) is 0 Å². The molecule has 0 saturated carbocycles. The largest absolute Gasteiger partial charge is 0.314 e. The normalized spacial score (nSPS) is 17.8. The van der Waals surface area contributed by atoms with Crippen molar-refractivity contribution in [3.05, 3.63) is 21.9 Å². The first kappa shape index (κ1) is 12.1. The molecule has 1 aromatic heterocycles. The Bertz CT molecular complexity index is 303. The third-order valence-corrected chi connectivity index (χ3v) is 4.39. The molecule has 3 heteroatoms. The van der Waals surface area contributed by atoms with Gasteiger partial charge in [0.1, 0.15) is 0 Å². The van der Waals surface area contributed by atoms with Crippen LogP contribution in [0.5, 0.6) is 0 Å². The second-order valence-corrected chi connectivity index (χ2v) is 5.58. The molecule has 0 aliphatic carbocycles. The predicted octanol–water partition coefficient (Wildman–Crippen LogP) is 2.28. The standard InChI is InChI=1S/C13H22N2S/c1-12-5-11-16-13(12)4-2-3-8-15-9-6-14-7-10-15/h5,11,14H,2-4,6-10H2,1H3. The summed E-state index contributed by atoms with van der Waals surface area (Å²) in [6, 6.07) is 2.23. The Morgan fingerprint density at radius 1 is 1.31 bits per heavy atom. The van der Waals surface area contributed by atoms with Crippen molar-refractivity contribution in [2.45, 2.75) is 26.2 Å². The van der Waals surface area contributed by atoms with Gasteiger partial charge in [0.15, 0.2) is 0 Å². The lowest BCUT2D eigenvalue weighted by atomic mass is 10.1. The van der Waals surface area contributed by atoms with Crippen LogP contribution in [-0.4, -0.2) is 37.6 Å². The summed E-state index contributed by atoms with van der Waals surface area (Å²) < 4.78 is 0. The van der Waals surface area contributed by atoms with Gasteiger partial charge in [-0.2, -0.15) is 0 Å². The van der Waals surface area contributed by atoms with Crippen LogP contribution in [-0.2, 0) is 6.42 Å². The molecule has 0 amide bonds. The van der Waals surface area contributed by atoms with Gasteiger partial charge in [-0.3, -0.25) is 0 Å². The highest BCUT2D eigenvalue weighted by molar-refractivity contribution is 7.10. The first-order valence-electron chi connectivity index (χ1n) is 6.32. The van der Waals surface area contributed by atoms with Crippen molar-refractivity contribution in [3.8, 4) is 0 Å². The number of hydrogen-bond donors (Lipinski definition) is 1. The zero-order valence-electron chi connectivity index (χ0n) is 10.2. The molecular formula is C13H22N2S. The Morgan fingerprint density at radius 2 is 2.12 bits per heavy atom. The fourth-order valence-electron chi connectivity index (χ4n) is 2.22. The molecule has 90 valence electrons. The van der Waals surface area contributed by atoms with E-state index in [2.05, 4.69) is 28.6 Å². The fourth-order valence-corrected chi connectivity index (χ4v) is 3.17. The quantitative estimate of drug-likeness (QED) is 0.792. The third kappa shape index (κ3) is 3.58. The molecule has 2 nitrogen and oxygen atoms in total. The molecule has 0 aromatic carbocycles. The second-order valence-electron chi connectivity index (χ2n) is 4.58. The summed E-state index contributed by atoms with van der Waals surface area (Å²) in [5.74, 6) is 0. The van der Waals surface area contributed by atoms with E-state index in [0.717, 1.165) is 0 Å². The van der Waals surface area contributed by atoms with E-state index in [0.29, 0.717) is 0 Å². The van der Waals surface area contributed by atoms with Gasteiger partial charge in [-0.15, -0.1) is 11.3 Å². The van der Waals surface area contributed by atoms with Crippen LogP contribution in [0.2, 0.25) is 0 Å². The van der Waals surface area contributed by atoms with Crippen LogP contribution in [0.1, 0.15) is 23.3 Å². The maximum Gasteiger partial charge on any atom is 0.0107 e. The van der Waals surface area contributed by atoms with E-state index in [4.69, 9.17) is 0 Å². The van der Waals surface area contributed by atoms with Crippen molar-refractivity contribution in [2.75, 3.05) is 32.7 Å². The Kier molecular flexibility index (Phi) is 4.82. The van der Waals surface area contributed by atoms with Gasteiger partial charge in [-0.05, 0) is 49.7 Å². The maximum absolute atomic E-state index is 3.39. The minimum Gasteiger partial charge on any atom is -0.314 e. The minimum atomic E-state index is 1.17. The molecule has 1 saturated heterocycles. The van der Waals surface area contributed by atoms with Crippen LogP contribution in [0.15, 0.2) is 11.4 Å². The zero-order valence-corrected chi connectivity index (χ0v) is 11.0. The summed E-state index contributed by atoms with van der Waals surface area (Å²) in [5.41, 5.74) is 1.48. The number of nitrogens with one attached hydrogen (secondary N) is 1. The Morgan fingerprint density at radius 3 is 2.81 bits per heavy atom. The van der Waals surface area contributed by atoms with Gasteiger partial charge >= 0.3 is 0 Å². The minimum absolute atomic E-state index is 1.17. The van der Waals surface area contributed by atoms with E-state index in [1.54, 1.807) is 4.88 Å². The van der Waals surface area contributed by atoms with E-state index in [1.807, 2.05) is 11.3 Å². The molecule has 0 bridgehead atoms. The van der Waals surface area contributed by atoms with Crippen LogP contribution in [0.4, 0.5) is 0 Å². The van der Waals surface area contributed by atoms with E-state index in [9.17, 15) is 0 Å². The highest BCUT2D eigenvalue weighted by Gasteiger charge is 2.08. The Hall–Kier alpha value is -0.380. The van der Waals surface area contributed by atoms with Crippen molar-refractivity contribution in [1.82, 2.24) is 10.2 Å². The number of aryl methyl sites for hydroxylation is 2. The lowest BCUT2D eigenvalue weighted by Crippen LogP contribution is -2.43. The van der Waals surface area contributed by atoms with Crippen molar-refractivity contribution in [3.63, 3.8) is 0 Å². The first-order valence-corrected chi connectivity index (χ1v) is 7.20. The molecule has 0 spiro atoms. The number of rotatable bonds is 5. The van der Waals surface area contributed by atoms with Gasteiger partial charge in [0.2, 0.25) is 0 Å². The summed E-state index contributed by atoms with van der Waals surface area (Å²) in [6.07, 6.45) is 3.96. The highest BCUT2D eigenvalue weighted by atomic mass is 32.1. The lowest BCUT2D eigenvalue weighted by molar-refractivity contribution is 0.237. The molecule has 0 radical (unpaired) electrons. The fraction of sp³-hybridized carbons (Fsp3) is 0.692. The van der Waals surface area contributed by atoms with E-state index in [1.165, 1.54) is 57.5 Å². The lowest BCUT2D eigenvalue weighted by Gasteiger charge is -2.26. The zero-order chi connectivity index (χ0) is 11.2. The highest BCUT2D eigenvalue weighted by Crippen LogP contribution is 2.18. The Balaban J connectivity index is 1.59. The number of unbranched alkanes of at least 4 members (excludes halogenated alkanes) is 1. The molecule has 0 atom stereocenters. The summed E-state index contributed by atoms with van der Waals surface area (Å²) in [6.45, 7) is 8.32. The van der Waals surface area contributed by atoms with Crippen LogP contribution in [0, 0.1) is 6.92 Å². The molecule has 1 N–H and O–H groups in total. The topological polar surface area (TPSA) is 15.3 Å². The summed E-state index contributed by atoms with van der Waals surface area (Å²) in [5, 5.41) is 5.60. The molecule has 1 fully saturated rings. The molecule has 1 aromatic rings. The summed E-state index contributed by atoms with van der Waals surface area (Å²) >= 11 is 1.91. The smallest absolute Gasteiger partial charge is 0.0107 e. The average molecular weight is 238 g/mol. The van der Waals surface area contributed by atoms with Crippen molar-refractivity contribution >= 4 is 11.3 Å². The predicted molar refractivity (Wildman–Crippen MR) is 71.3 cm³/mol. The van der Waals surface area contributed by atoms with Crippen LogP contribution < -0.4 is 5.32 Å². The maximum atomic E-state index is 3.39. The number of piperazine rings is 1. The summed E-state index contributed by atoms with van der Waals surface area (Å²) in [4.78, 5) is 4.16. The molecule has 1 aliphatic rings. The number of nitrogens with zero attached hydrogens (tertiary/aromatic N) is 1. The van der Waals surface area contributed by atoms with Gasteiger partial charge in [0, 0.05) is 31.1 Å². The first-order chi connectivity index (χ1) is 7.86. The van der Waals surface area contributed by atoms with Crippen LogP contribution in [0.25, 0.3) is 0 Å². The second kappa shape index (κ2) is 6.38. The van der Waals surface area contributed by atoms with Crippen LogP contribution >= 0.6 is 11.3 Å². The summed E-state index contributed by atoms with van der Waals surface area (Å²) in [7, 11) is 0. The molecule has 1 aliphatic heterocycles. The van der Waals surface area contributed by atoms with E-state index >= 15 is 0 Å². The molecule has 2 rings (SSSR count). The average Bonchev–Trinajstić information content (AvgIpc) is 2.72. The molecule has 2 heterocycles. The molecular weight excluding hydrogens is 216 g/mol. The molecule has 16 heavy (non-hydrogen) atoms. The number of thiophene rings is 1. The van der Waals surface area contributed by atoms with Gasteiger partial charge in [0.05, 0.1) is 0 Å². The number of hydrogen-bond acceptors (Lipinski definition) is 3. The van der Waals surface area contributed by atoms with E-state index in [-0.39, 0.29) is 0 Å². The van der Waals surface area contributed by atoms with Gasteiger partial charge in [-0.1, -0.05) is 0 Å². The van der Waals surface area contributed by atoms with Crippen molar-refractivity contribution in [2.24, 2.45) is 0 Å². The van der Waals surface area contributed by atoms with Crippen molar-refractivity contribution in [1.29, 1.82) is 0 Å². The van der Waals surface area contributed by atoms with E-state index < -0.39 is 0 Å². The van der Waals surface area contributed by atoms with Gasteiger partial charge < -0.3 is 10.2 Å².